The van der Waals surface area contributed by atoms with E-state index in [4.69, 9.17) is 4.74 Å². The summed E-state index contributed by atoms with van der Waals surface area (Å²) in [4.78, 5) is 11.7. The SMILES string of the molecule is CCNC(CCSC1CCCCC1)C(=O)OCC. The Labute approximate surface area is 115 Å². The number of hydrogen-bond donors (Lipinski definition) is 1. The highest BCUT2D eigenvalue weighted by Crippen LogP contribution is 2.28. The number of thioether (sulfide) groups is 1. The van der Waals surface area contributed by atoms with Crippen LogP contribution in [0.25, 0.3) is 0 Å². The Morgan fingerprint density at radius 3 is 2.67 bits per heavy atom. The van der Waals surface area contributed by atoms with Crippen molar-refractivity contribution < 1.29 is 9.53 Å². The molecule has 0 amide bonds. The third-order valence-electron chi connectivity index (χ3n) is 3.33. The van der Waals surface area contributed by atoms with Gasteiger partial charge in [0, 0.05) is 5.25 Å². The summed E-state index contributed by atoms with van der Waals surface area (Å²) in [6.45, 7) is 5.17. The van der Waals surface area contributed by atoms with Crippen LogP contribution in [-0.2, 0) is 9.53 Å². The van der Waals surface area contributed by atoms with Gasteiger partial charge >= 0.3 is 5.97 Å². The van der Waals surface area contributed by atoms with Crippen molar-refractivity contribution in [3.05, 3.63) is 0 Å². The molecule has 0 aromatic rings. The summed E-state index contributed by atoms with van der Waals surface area (Å²) in [5, 5.41) is 4.04. The number of ether oxygens (including phenoxy) is 1. The fraction of sp³-hybridized carbons (Fsp3) is 0.929. The lowest BCUT2D eigenvalue weighted by molar-refractivity contribution is -0.145. The van der Waals surface area contributed by atoms with Gasteiger partial charge in [0.25, 0.3) is 0 Å². The predicted molar refractivity (Wildman–Crippen MR) is 78.0 cm³/mol. The second kappa shape index (κ2) is 9.68. The molecule has 0 aromatic heterocycles. The van der Waals surface area contributed by atoms with E-state index in [-0.39, 0.29) is 12.0 Å². The molecule has 1 aliphatic rings. The first-order valence-electron chi connectivity index (χ1n) is 7.29. The molecule has 0 bridgehead atoms. The molecule has 1 unspecified atom stereocenters. The van der Waals surface area contributed by atoms with E-state index in [1.54, 1.807) is 0 Å². The molecule has 4 heteroatoms. The minimum absolute atomic E-state index is 0.0939. The van der Waals surface area contributed by atoms with Gasteiger partial charge in [-0.25, -0.2) is 0 Å². The Bertz CT molecular complexity index is 230. The highest BCUT2D eigenvalue weighted by atomic mass is 32.2. The first kappa shape index (κ1) is 15.8. The number of carbonyl (C=O) groups is 1. The van der Waals surface area contributed by atoms with E-state index in [1.807, 2.05) is 25.6 Å². The number of carbonyl (C=O) groups excluding carboxylic acids is 1. The van der Waals surface area contributed by atoms with Gasteiger partial charge in [-0.15, -0.1) is 0 Å². The molecule has 0 aromatic carbocycles. The van der Waals surface area contributed by atoms with Gasteiger partial charge in [0.1, 0.15) is 6.04 Å². The van der Waals surface area contributed by atoms with Crippen LogP contribution in [0.15, 0.2) is 0 Å². The smallest absolute Gasteiger partial charge is 0.323 e. The van der Waals surface area contributed by atoms with Crippen LogP contribution < -0.4 is 5.32 Å². The van der Waals surface area contributed by atoms with Gasteiger partial charge in [-0.3, -0.25) is 4.79 Å². The summed E-state index contributed by atoms with van der Waals surface area (Å²) < 4.78 is 5.09. The molecular formula is C14H27NO2S. The van der Waals surface area contributed by atoms with E-state index in [9.17, 15) is 4.79 Å². The Hall–Kier alpha value is -0.220. The molecule has 0 aliphatic heterocycles. The van der Waals surface area contributed by atoms with Crippen molar-refractivity contribution in [1.29, 1.82) is 0 Å². The van der Waals surface area contributed by atoms with E-state index in [1.165, 1.54) is 32.1 Å². The summed E-state index contributed by atoms with van der Waals surface area (Å²) in [5.74, 6) is 0.963. The summed E-state index contributed by atoms with van der Waals surface area (Å²) in [6, 6.07) is -0.119. The zero-order valence-corrected chi connectivity index (χ0v) is 12.6. The van der Waals surface area contributed by atoms with Crippen molar-refractivity contribution in [2.24, 2.45) is 0 Å². The van der Waals surface area contributed by atoms with Gasteiger partial charge in [0.05, 0.1) is 6.61 Å². The number of likely N-dealkylation sites (N-methyl/N-ethyl adjacent to an activating group) is 1. The first-order valence-corrected chi connectivity index (χ1v) is 8.34. The molecule has 106 valence electrons. The van der Waals surface area contributed by atoms with Crippen LogP contribution >= 0.6 is 11.8 Å². The van der Waals surface area contributed by atoms with Crippen LogP contribution in [0.2, 0.25) is 0 Å². The fourth-order valence-electron chi connectivity index (χ4n) is 2.38. The Morgan fingerprint density at radius 1 is 1.33 bits per heavy atom. The number of rotatable bonds is 8. The molecule has 0 heterocycles. The lowest BCUT2D eigenvalue weighted by Gasteiger charge is -2.22. The molecule has 0 spiro atoms. The maximum Gasteiger partial charge on any atom is 0.323 e. The molecular weight excluding hydrogens is 246 g/mol. The Balaban J connectivity index is 2.21. The number of nitrogens with one attached hydrogen (secondary N) is 1. The topological polar surface area (TPSA) is 38.3 Å². The minimum Gasteiger partial charge on any atom is -0.465 e. The van der Waals surface area contributed by atoms with E-state index >= 15 is 0 Å². The van der Waals surface area contributed by atoms with Gasteiger partial charge in [-0.1, -0.05) is 26.2 Å². The van der Waals surface area contributed by atoms with Crippen LogP contribution in [0.4, 0.5) is 0 Å². The van der Waals surface area contributed by atoms with Crippen molar-refractivity contribution in [2.75, 3.05) is 18.9 Å². The van der Waals surface area contributed by atoms with Gasteiger partial charge in [0.2, 0.25) is 0 Å². The number of hydrogen-bond acceptors (Lipinski definition) is 4. The van der Waals surface area contributed by atoms with Gasteiger partial charge in [0.15, 0.2) is 0 Å². The Morgan fingerprint density at radius 2 is 2.06 bits per heavy atom. The zero-order chi connectivity index (χ0) is 13.2. The second-order valence-electron chi connectivity index (χ2n) is 4.78. The maximum atomic E-state index is 11.7. The van der Waals surface area contributed by atoms with Gasteiger partial charge < -0.3 is 10.1 Å². The second-order valence-corrected chi connectivity index (χ2v) is 6.19. The molecule has 1 fully saturated rings. The minimum atomic E-state index is -0.119. The summed E-state index contributed by atoms with van der Waals surface area (Å²) in [6.07, 6.45) is 7.76. The number of esters is 1. The van der Waals surface area contributed by atoms with E-state index in [2.05, 4.69) is 5.32 Å². The van der Waals surface area contributed by atoms with Crippen LogP contribution in [0.5, 0.6) is 0 Å². The lowest BCUT2D eigenvalue weighted by Crippen LogP contribution is -2.38. The molecule has 1 N–H and O–H groups in total. The normalized spacial score (nSPS) is 18.6. The van der Waals surface area contributed by atoms with Crippen LogP contribution in [0.1, 0.15) is 52.4 Å². The molecule has 1 saturated carbocycles. The van der Waals surface area contributed by atoms with Crippen LogP contribution in [0.3, 0.4) is 0 Å². The Kier molecular flexibility index (Phi) is 8.51. The van der Waals surface area contributed by atoms with Crippen molar-refractivity contribution in [1.82, 2.24) is 5.32 Å². The summed E-state index contributed by atoms with van der Waals surface area (Å²) in [5.41, 5.74) is 0. The third-order valence-corrected chi connectivity index (χ3v) is 4.75. The zero-order valence-electron chi connectivity index (χ0n) is 11.7. The maximum absolute atomic E-state index is 11.7. The van der Waals surface area contributed by atoms with Crippen molar-refractivity contribution in [2.45, 2.75) is 63.7 Å². The molecule has 3 nitrogen and oxygen atoms in total. The van der Waals surface area contributed by atoms with Crippen molar-refractivity contribution in [3.63, 3.8) is 0 Å². The average molecular weight is 273 g/mol. The highest BCUT2D eigenvalue weighted by Gasteiger charge is 2.19. The first-order chi connectivity index (χ1) is 8.77. The van der Waals surface area contributed by atoms with E-state index in [0.29, 0.717) is 6.61 Å². The monoisotopic (exact) mass is 273 g/mol. The summed E-state index contributed by atoms with van der Waals surface area (Å²) >= 11 is 2.04. The molecule has 18 heavy (non-hydrogen) atoms. The third kappa shape index (κ3) is 6.10. The quantitative estimate of drug-likeness (QED) is 0.690. The molecule has 1 atom stereocenters. The molecule has 0 radical (unpaired) electrons. The summed E-state index contributed by atoms with van der Waals surface area (Å²) in [7, 11) is 0. The molecule has 0 saturated heterocycles. The van der Waals surface area contributed by atoms with Crippen LogP contribution in [0, 0.1) is 0 Å². The highest BCUT2D eigenvalue weighted by molar-refractivity contribution is 7.99. The van der Waals surface area contributed by atoms with E-state index < -0.39 is 0 Å². The predicted octanol–water partition coefficient (Wildman–Crippen LogP) is 2.98. The van der Waals surface area contributed by atoms with Gasteiger partial charge in [-0.2, -0.15) is 11.8 Å². The van der Waals surface area contributed by atoms with Crippen LogP contribution in [-0.4, -0.2) is 36.2 Å². The van der Waals surface area contributed by atoms with E-state index in [0.717, 1.165) is 24.0 Å². The average Bonchev–Trinajstić information content (AvgIpc) is 2.39. The largest absolute Gasteiger partial charge is 0.465 e. The standard InChI is InChI=1S/C14H27NO2S/c1-3-15-13(14(16)17-4-2)10-11-18-12-8-6-5-7-9-12/h12-13,15H,3-11H2,1-2H3. The fourth-order valence-corrected chi connectivity index (χ4v) is 3.75. The van der Waals surface area contributed by atoms with Gasteiger partial charge in [-0.05, 0) is 38.5 Å². The molecule has 1 aliphatic carbocycles. The lowest BCUT2D eigenvalue weighted by atomic mass is 10.0. The molecule has 1 rings (SSSR count). The van der Waals surface area contributed by atoms with Crippen molar-refractivity contribution >= 4 is 17.7 Å². The van der Waals surface area contributed by atoms with Crippen molar-refractivity contribution in [3.8, 4) is 0 Å².